The van der Waals surface area contributed by atoms with Crippen molar-refractivity contribution in [1.29, 1.82) is 0 Å². The van der Waals surface area contributed by atoms with Crippen molar-refractivity contribution in [3.63, 3.8) is 0 Å². The van der Waals surface area contributed by atoms with Gasteiger partial charge in [0.05, 0.1) is 11.2 Å². The smallest absolute Gasteiger partial charge is 0.258 e. The van der Waals surface area contributed by atoms with Crippen LogP contribution in [0.1, 0.15) is 36.8 Å². The van der Waals surface area contributed by atoms with E-state index in [9.17, 15) is 9.18 Å². The lowest BCUT2D eigenvalue weighted by atomic mass is 10.1. The van der Waals surface area contributed by atoms with Gasteiger partial charge in [0.25, 0.3) is 5.91 Å². The van der Waals surface area contributed by atoms with E-state index >= 15 is 0 Å². The zero-order valence-corrected chi connectivity index (χ0v) is 16.7. The van der Waals surface area contributed by atoms with Crippen LogP contribution >= 0.6 is 0 Å². The van der Waals surface area contributed by atoms with E-state index in [1.165, 1.54) is 12.1 Å². The number of pyridine rings is 1. The van der Waals surface area contributed by atoms with Gasteiger partial charge >= 0.3 is 0 Å². The summed E-state index contributed by atoms with van der Waals surface area (Å²) in [6.07, 6.45) is 1.58. The molecule has 0 unspecified atom stereocenters. The molecule has 0 radical (unpaired) electrons. The van der Waals surface area contributed by atoms with Crippen LogP contribution in [-0.4, -0.2) is 32.6 Å². The molecule has 0 saturated heterocycles. The first-order valence-electron chi connectivity index (χ1n) is 9.12. The number of halogens is 1. The van der Waals surface area contributed by atoms with Crippen LogP contribution < -0.4 is 10.6 Å². The number of aromatic nitrogens is 3. The van der Waals surface area contributed by atoms with E-state index in [0.717, 1.165) is 11.3 Å². The summed E-state index contributed by atoms with van der Waals surface area (Å²) in [6, 6.07) is 11.2. The van der Waals surface area contributed by atoms with Crippen LogP contribution in [0, 0.1) is 12.7 Å². The first-order chi connectivity index (χ1) is 13.7. The molecular weight excluding hydrogens is 371 g/mol. The van der Waals surface area contributed by atoms with Gasteiger partial charge in [-0.25, -0.2) is 9.38 Å². The lowest BCUT2D eigenvalue weighted by molar-refractivity contribution is 0.0976. The van der Waals surface area contributed by atoms with Crippen molar-refractivity contribution in [2.45, 2.75) is 33.2 Å². The number of aromatic amines is 1. The van der Waals surface area contributed by atoms with E-state index in [0.29, 0.717) is 17.1 Å². The molecule has 0 spiro atoms. The quantitative estimate of drug-likeness (QED) is 0.464. The fraction of sp³-hybridized carbons (Fsp3) is 0.238. The highest BCUT2D eigenvalue weighted by molar-refractivity contribution is 6.09. The Labute approximate surface area is 168 Å². The third-order valence-corrected chi connectivity index (χ3v) is 3.82. The number of benzene rings is 1. The molecule has 3 N–H and O–H groups in total. The number of carbonyl (C=O) groups is 1. The molecule has 0 aliphatic heterocycles. The summed E-state index contributed by atoms with van der Waals surface area (Å²) >= 11 is 0. The van der Waals surface area contributed by atoms with Crippen molar-refractivity contribution >= 4 is 17.7 Å². The summed E-state index contributed by atoms with van der Waals surface area (Å²) in [5.41, 5.74) is 2.29. The van der Waals surface area contributed by atoms with Crippen LogP contribution in [0.4, 0.5) is 10.2 Å². The molecule has 0 atom stereocenters. The monoisotopic (exact) mass is 394 g/mol. The Kier molecular flexibility index (Phi) is 5.72. The number of anilines is 1. The zero-order valence-electron chi connectivity index (χ0n) is 16.7. The number of aryl methyl sites for hydroxylation is 1. The van der Waals surface area contributed by atoms with Gasteiger partial charge < -0.3 is 5.32 Å². The molecule has 8 heteroatoms. The molecule has 2 heterocycles. The van der Waals surface area contributed by atoms with Crippen molar-refractivity contribution in [2.75, 3.05) is 5.32 Å². The molecule has 150 valence electrons. The predicted octanol–water partition coefficient (Wildman–Crippen LogP) is 3.92. The van der Waals surface area contributed by atoms with Gasteiger partial charge in [-0.2, -0.15) is 5.10 Å². The number of aliphatic imine (C=N–C) groups is 1. The summed E-state index contributed by atoms with van der Waals surface area (Å²) in [5.74, 6) is 0.133. The molecule has 1 amide bonds. The minimum absolute atomic E-state index is 0.272. The molecule has 0 aliphatic carbocycles. The third kappa shape index (κ3) is 5.71. The minimum atomic E-state index is -0.431. The Bertz CT molecular complexity index is 1030. The average molecular weight is 394 g/mol. The van der Waals surface area contributed by atoms with Crippen LogP contribution in [0.15, 0.2) is 53.7 Å². The van der Waals surface area contributed by atoms with E-state index < -0.39 is 5.54 Å². The number of hydrogen-bond acceptors (Lipinski definition) is 4. The fourth-order valence-electron chi connectivity index (χ4n) is 2.57. The Balaban J connectivity index is 1.80. The molecule has 0 fully saturated rings. The maximum atomic E-state index is 13.1. The van der Waals surface area contributed by atoms with Gasteiger partial charge in [-0.15, -0.1) is 0 Å². The first-order valence-corrected chi connectivity index (χ1v) is 9.12. The normalized spacial score (nSPS) is 12.0. The van der Waals surface area contributed by atoms with Crippen molar-refractivity contribution in [1.82, 2.24) is 20.5 Å². The third-order valence-electron chi connectivity index (χ3n) is 3.82. The molecule has 29 heavy (non-hydrogen) atoms. The van der Waals surface area contributed by atoms with Gasteiger partial charge in [0.2, 0.25) is 5.96 Å². The number of carbonyl (C=O) groups excluding carboxylic acids is 1. The summed E-state index contributed by atoms with van der Waals surface area (Å²) in [7, 11) is 0. The molecule has 2 aromatic heterocycles. The number of nitrogens with one attached hydrogen (secondary N) is 3. The van der Waals surface area contributed by atoms with Gasteiger partial charge in [0.15, 0.2) is 5.82 Å². The van der Waals surface area contributed by atoms with Crippen LogP contribution in [-0.2, 0) is 0 Å². The van der Waals surface area contributed by atoms with Gasteiger partial charge in [-0.05, 0) is 69.7 Å². The zero-order chi connectivity index (χ0) is 21.0. The number of H-pyrrole nitrogens is 1. The largest absolute Gasteiger partial charge is 0.309 e. The molecular formula is C21H23FN6O. The van der Waals surface area contributed by atoms with Gasteiger partial charge in [-0.3, -0.25) is 20.2 Å². The van der Waals surface area contributed by atoms with E-state index in [1.807, 2.05) is 27.7 Å². The van der Waals surface area contributed by atoms with Crippen molar-refractivity contribution in [2.24, 2.45) is 4.99 Å². The summed E-state index contributed by atoms with van der Waals surface area (Å²) in [4.78, 5) is 21.3. The van der Waals surface area contributed by atoms with Gasteiger partial charge in [-0.1, -0.05) is 0 Å². The number of rotatable bonds is 3. The Morgan fingerprint density at radius 3 is 2.52 bits per heavy atom. The maximum absolute atomic E-state index is 13.1. The predicted molar refractivity (Wildman–Crippen MR) is 111 cm³/mol. The second kappa shape index (κ2) is 8.22. The number of guanidine groups is 1. The van der Waals surface area contributed by atoms with Crippen LogP contribution in [0.3, 0.4) is 0 Å². The summed E-state index contributed by atoms with van der Waals surface area (Å²) in [6.45, 7) is 7.59. The fourth-order valence-corrected chi connectivity index (χ4v) is 2.57. The van der Waals surface area contributed by atoms with Crippen molar-refractivity contribution < 1.29 is 9.18 Å². The minimum Gasteiger partial charge on any atom is -0.309 e. The average Bonchev–Trinajstić information content (AvgIpc) is 3.09. The highest BCUT2D eigenvalue weighted by atomic mass is 19.1. The molecule has 0 bridgehead atoms. The lowest BCUT2D eigenvalue weighted by Gasteiger charge is -2.17. The number of hydrogen-bond donors (Lipinski definition) is 3. The van der Waals surface area contributed by atoms with Crippen molar-refractivity contribution in [3.05, 3.63) is 65.7 Å². The molecule has 1 aromatic carbocycles. The molecule has 3 aromatic rings. The molecule has 0 aliphatic rings. The molecule has 0 saturated carbocycles. The second-order valence-electron chi connectivity index (χ2n) is 7.57. The van der Waals surface area contributed by atoms with E-state index in [2.05, 4.69) is 30.8 Å². The number of nitrogens with zero attached hydrogens (tertiary/aromatic N) is 3. The van der Waals surface area contributed by atoms with Crippen molar-refractivity contribution in [3.8, 4) is 11.3 Å². The lowest BCUT2D eigenvalue weighted by Crippen LogP contribution is -2.38. The van der Waals surface area contributed by atoms with Crippen LogP contribution in [0.5, 0.6) is 0 Å². The van der Waals surface area contributed by atoms with Crippen LogP contribution in [0.25, 0.3) is 11.3 Å². The van der Waals surface area contributed by atoms with Gasteiger partial charge in [0.1, 0.15) is 5.82 Å². The number of amides is 1. The van der Waals surface area contributed by atoms with E-state index in [1.54, 1.807) is 36.5 Å². The summed E-state index contributed by atoms with van der Waals surface area (Å²) in [5, 5.41) is 12.9. The van der Waals surface area contributed by atoms with Gasteiger partial charge in [0, 0.05) is 23.5 Å². The van der Waals surface area contributed by atoms with E-state index in [4.69, 9.17) is 0 Å². The standard InChI is InChI=1S/C21H23FN6O/c1-13-11-15(9-10-23-13)19(29)25-20(26-21(2,3)4)24-18-12-17(27-28-18)14-5-7-16(22)8-6-14/h5-12H,1-4H3,(H3,24,25,26,27,28,29). The highest BCUT2D eigenvalue weighted by Gasteiger charge is 2.15. The molecule has 7 nitrogen and oxygen atoms in total. The Morgan fingerprint density at radius 2 is 1.86 bits per heavy atom. The maximum Gasteiger partial charge on any atom is 0.258 e. The highest BCUT2D eigenvalue weighted by Crippen LogP contribution is 2.20. The summed E-state index contributed by atoms with van der Waals surface area (Å²) < 4.78 is 13.1. The second-order valence-corrected chi connectivity index (χ2v) is 7.57. The first kappa shape index (κ1) is 20.2. The van der Waals surface area contributed by atoms with Crippen LogP contribution in [0.2, 0.25) is 0 Å². The van der Waals surface area contributed by atoms with E-state index in [-0.39, 0.29) is 17.7 Å². The topological polar surface area (TPSA) is 95.1 Å². The molecule has 3 rings (SSSR count). The SMILES string of the molecule is Cc1cc(C(=O)NC(=NC(C)(C)C)Nc2cc(-c3ccc(F)cc3)[nH]n2)ccn1. The Morgan fingerprint density at radius 1 is 1.14 bits per heavy atom. The Hall–Kier alpha value is -3.55.